The van der Waals surface area contributed by atoms with Crippen LogP contribution in [0.2, 0.25) is 0 Å². The molecule has 0 saturated heterocycles. The van der Waals surface area contributed by atoms with Gasteiger partial charge in [-0.3, -0.25) is 4.99 Å². The fraction of sp³-hybridized carbons (Fsp3) is 0.533. The minimum absolute atomic E-state index is 0.508. The molecule has 0 bridgehead atoms. The zero-order chi connectivity index (χ0) is 13.1. The number of aliphatic imine (C=N–C) groups is 1. The lowest BCUT2D eigenvalue weighted by molar-refractivity contribution is 0.838. The Balaban J connectivity index is 2.39. The first kappa shape index (κ1) is 12.9. The number of hydrogen-bond donors (Lipinski definition) is 2. The van der Waals surface area contributed by atoms with Gasteiger partial charge < -0.3 is 10.6 Å². The Morgan fingerprint density at radius 1 is 1.11 bits per heavy atom. The predicted octanol–water partition coefficient (Wildman–Crippen LogP) is 3.30. The van der Waals surface area contributed by atoms with Crippen molar-refractivity contribution < 1.29 is 0 Å². The molecule has 0 fully saturated rings. The van der Waals surface area contributed by atoms with Gasteiger partial charge in [0.15, 0.2) is 5.96 Å². The van der Waals surface area contributed by atoms with E-state index in [9.17, 15) is 0 Å². The van der Waals surface area contributed by atoms with Gasteiger partial charge >= 0.3 is 0 Å². The van der Waals surface area contributed by atoms with E-state index in [1.54, 1.807) is 0 Å². The third-order valence-electron chi connectivity index (χ3n) is 3.29. The molecule has 0 amide bonds. The Morgan fingerprint density at radius 3 is 2.17 bits per heavy atom. The van der Waals surface area contributed by atoms with E-state index < -0.39 is 0 Å². The van der Waals surface area contributed by atoms with Crippen molar-refractivity contribution in [1.82, 2.24) is 5.32 Å². The molecule has 98 valence electrons. The molecule has 3 nitrogen and oxygen atoms in total. The van der Waals surface area contributed by atoms with Crippen molar-refractivity contribution in [3.63, 3.8) is 0 Å². The first-order valence-corrected chi connectivity index (χ1v) is 6.77. The van der Waals surface area contributed by atoms with Gasteiger partial charge in [0.25, 0.3) is 0 Å². The van der Waals surface area contributed by atoms with E-state index >= 15 is 0 Å². The summed E-state index contributed by atoms with van der Waals surface area (Å²) in [5.41, 5.74) is 3.95. The maximum Gasteiger partial charge on any atom is 0.195 e. The highest BCUT2D eigenvalue weighted by molar-refractivity contribution is 5.96. The van der Waals surface area contributed by atoms with E-state index in [0.717, 1.165) is 19.0 Å². The summed E-state index contributed by atoms with van der Waals surface area (Å²) in [6.07, 6.45) is 0. The van der Waals surface area contributed by atoms with Gasteiger partial charge in [-0.05, 0) is 23.0 Å². The molecule has 1 aromatic carbocycles. The molecule has 18 heavy (non-hydrogen) atoms. The largest absolute Gasteiger partial charge is 0.354 e. The molecular weight excluding hydrogens is 222 g/mol. The average molecular weight is 245 g/mol. The SMILES string of the molecule is CC(C)c1cccc(C(C)C)c1NC1=NCCN1. The van der Waals surface area contributed by atoms with Crippen LogP contribution in [0.25, 0.3) is 0 Å². The summed E-state index contributed by atoms with van der Waals surface area (Å²) in [6, 6.07) is 6.56. The molecule has 1 aliphatic rings. The lowest BCUT2D eigenvalue weighted by Gasteiger charge is -2.20. The van der Waals surface area contributed by atoms with E-state index in [1.165, 1.54) is 16.8 Å². The summed E-state index contributed by atoms with van der Waals surface area (Å²) in [6.45, 7) is 10.7. The van der Waals surface area contributed by atoms with Crippen LogP contribution in [0.5, 0.6) is 0 Å². The summed E-state index contributed by atoms with van der Waals surface area (Å²) in [4.78, 5) is 4.43. The highest BCUT2D eigenvalue weighted by Gasteiger charge is 2.15. The zero-order valence-corrected chi connectivity index (χ0v) is 11.7. The van der Waals surface area contributed by atoms with E-state index in [1.807, 2.05) is 0 Å². The molecule has 0 unspecified atom stereocenters. The quantitative estimate of drug-likeness (QED) is 0.857. The number of guanidine groups is 1. The molecule has 0 aromatic heterocycles. The van der Waals surface area contributed by atoms with Crippen molar-refractivity contribution >= 4 is 11.6 Å². The van der Waals surface area contributed by atoms with Crippen LogP contribution in [0, 0.1) is 0 Å². The van der Waals surface area contributed by atoms with Crippen molar-refractivity contribution in [3.8, 4) is 0 Å². The van der Waals surface area contributed by atoms with Crippen LogP contribution >= 0.6 is 0 Å². The smallest absolute Gasteiger partial charge is 0.195 e. The lowest BCUT2D eigenvalue weighted by Crippen LogP contribution is -2.27. The number of para-hydroxylation sites is 1. The highest BCUT2D eigenvalue weighted by Crippen LogP contribution is 2.32. The second-order valence-electron chi connectivity index (χ2n) is 5.40. The Labute approximate surface area is 110 Å². The normalized spacial score (nSPS) is 14.9. The predicted molar refractivity (Wildman–Crippen MR) is 78.5 cm³/mol. The Bertz CT molecular complexity index is 421. The molecule has 2 rings (SSSR count). The van der Waals surface area contributed by atoms with Gasteiger partial charge in [-0.1, -0.05) is 45.9 Å². The Morgan fingerprint density at radius 2 is 1.72 bits per heavy atom. The van der Waals surface area contributed by atoms with Gasteiger partial charge in [-0.15, -0.1) is 0 Å². The summed E-state index contributed by atoms with van der Waals surface area (Å²) in [5, 5.41) is 6.76. The zero-order valence-electron chi connectivity index (χ0n) is 11.7. The van der Waals surface area contributed by atoms with Gasteiger partial charge in [0, 0.05) is 12.2 Å². The van der Waals surface area contributed by atoms with Crippen molar-refractivity contribution in [2.75, 3.05) is 18.4 Å². The molecular formula is C15H23N3. The monoisotopic (exact) mass is 245 g/mol. The molecule has 0 aliphatic carbocycles. The number of benzene rings is 1. The van der Waals surface area contributed by atoms with Gasteiger partial charge in [-0.2, -0.15) is 0 Å². The molecule has 3 heteroatoms. The second kappa shape index (κ2) is 5.42. The van der Waals surface area contributed by atoms with Crippen LogP contribution in [-0.4, -0.2) is 19.0 Å². The molecule has 0 spiro atoms. The van der Waals surface area contributed by atoms with Crippen LogP contribution in [-0.2, 0) is 0 Å². The van der Waals surface area contributed by atoms with Crippen LogP contribution in [0.1, 0.15) is 50.7 Å². The summed E-state index contributed by atoms with van der Waals surface area (Å²) < 4.78 is 0. The molecule has 1 aliphatic heterocycles. The molecule has 0 saturated carbocycles. The van der Waals surface area contributed by atoms with Gasteiger partial charge in [0.1, 0.15) is 0 Å². The minimum Gasteiger partial charge on any atom is -0.354 e. The van der Waals surface area contributed by atoms with E-state index in [4.69, 9.17) is 0 Å². The number of nitrogens with zero attached hydrogens (tertiary/aromatic N) is 1. The number of rotatable bonds is 3. The van der Waals surface area contributed by atoms with Gasteiger partial charge in [0.2, 0.25) is 0 Å². The number of hydrogen-bond acceptors (Lipinski definition) is 3. The topological polar surface area (TPSA) is 36.4 Å². The average Bonchev–Trinajstić information content (AvgIpc) is 2.81. The summed E-state index contributed by atoms with van der Waals surface area (Å²) in [5.74, 6) is 1.92. The maximum absolute atomic E-state index is 4.43. The molecule has 2 N–H and O–H groups in total. The Kier molecular flexibility index (Phi) is 3.90. The third-order valence-corrected chi connectivity index (χ3v) is 3.29. The highest BCUT2D eigenvalue weighted by atomic mass is 15.2. The Hall–Kier alpha value is -1.51. The minimum atomic E-state index is 0.508. The van der Waals surface area contributed by atoms with Crippen LogP contribution in [0.15, 0.2) is 23.2 Å². The maximum atomic E-state index is 4.43. The van der Waals surface area contributed by atoms with E-state index in [0.29, 0.717) is 11.8 Å². The first-order valence-electron chi connectivity index (χ1n) is 6.77. The van der Waals surface area contributed by atoms with Crippen LogP contribution in [0.3, 0.4) is 0 Å². The van der Waals surface area contributed by atoms with E-state index in [2.05, 4.69) is 61.5 Å². The van der Waals surface area contributed by atoms with Crippen molar-refractivity contribution in [2.24, 2.45) is 4.99 Å². The van der Waals surface area contributed by atoms with Crippen LogP contribution < -0.4 is 10.6 Å². The lowest BCUT2D eigenvalue weighted by atomic mass is 9.93. The molecule has 0 radical (unpaired) electrons. The number of anilines is 1. The molecule has 1 heterocycles. The van der Waals surface area contributed by atoms with Crippen LogP contribution in [0.4, 0.5) is 5.69 Å². The third kappa shape index (κ3) is 2.66. The fourth-order valence-electron chi connectivity index (χ4n) is 2.30. The van der Waals surface area contributed by atoms with Crippen molar-refractivity contribution in [3.05, 3.63) is 29.3 Å². The number of nitrogens with one attached hydrogen (secondary N) is 2. The summed E-state index contributed by atoms with van der Waals surface area (Å²) in [7, 11) is 0. The fourth-order valence-corrected chi connectivity index (χ4v) is 2.30. The van der Waals surface area contributed by atoms with Gasteiger partial charge in [-0.25, -0.2) is 0 Å². The molecule has 0 atom stereocenters. The van der Waals surface area contributed by atoms with Gasteiger partial charge in [0.05, 0.1) is 6.54 Å². The second-order valence-corrected chi connectivity index (χ2v) is 5.40. The van der Waals surface area contributed by atoms with Crippen molar-refractivity contribution in [2.45, 2.75) is 39.5 Å². The van der Waals surface area contributed by atoms with E-state index in [-0.39, 0.29) is 0 Å². The summed E-state index contributed by atoms with van der Waals surface area (Å²) >= 11 is 0. The van der Waals surface area contributed by atoms with Crippen molar-refractivity contribution in [1.29, 1.82) is 0 Å². The standard InChI is InChI=1S/C15H23N3/c1-10(2)12-6-5-7-13(11(3)4)14(12)18-15-16-8-9-17-15/h5-7,10-11H,8-9H2,1-4H3,(H2,16,17,18). The molecule has 1 aromatic rings. The first-order chi connectivity index (χ1) is 8.59.